The maximum atomic E-state index is 2.54. The van der Waals surface area contributed by atoms with Crippen LogP contribution in [0.1, 0.15) is 16.9 Å². The van der Waals surface area contributed by atoms with E-state index in [0.29, 0.717) is 0 Å². The average molecular weight is 528 g/mol. The van der Waals surface area contributed by atoms with Crippen molar-refractivity contribution < 1.29 is 0 Å². The molecular formula is C36H25BN2S. The molecule has 4 heteroatoms. The van der Waals surface area contributed by atoms with Crippen LogP contribution in [-0.2, 0) is 6.42 Å². The summed E-state index contributed by atoms with van der Waals surface area (Å²) in [6, 6.07) is 42.4. The molecule has 40 heavy (non-hydrogen) atoms. The molecule has 0 spiro atoms. The average Bonchev–Trinajstić information content (AvgIpc) is 3.41. The molecule has 0 unspecified atom stereocenters. The molecule has 0 radical (unpaired) electrons. The van der Waals surface area contributed by atoms with E-state index in [1.54, 1.807) is 0 Å². The second-order valence-electron chi connectivity index (χ2n) is 10.8. The second-order valence-corrected chi connectivity index (χ2v) is 11.9. The van der Waals surface area contributed by atoms with Crippen LogP contribution in [0.3, 0.4) is 0 Å². The van der Waals surface area contributed by atoms with Crippen LogP contribution in [0.25, 0.3) is 16.2 Å². The lowest BCUT2D eigenvalue weighted by Gasteiger charge is -2.44. The van der Waals surface area contributed by atoms with E-state index in [1.165, 1.54) is 71.0 Å². The van der Waals surface area contributed by atoms with Crippen LogP contribution in [0.15, 0.2) is 121 Å². The SMILES string of the molecule is C1=Cc2sc3c4c(ccc3c2CC1)B1c2ccccc2N(c2ccccc2)c2cccc(c21)N4c1ccccc1. The Labute approximate surface area is 238 Å². The van der Waals surface area contributed by atoms with Gasteiger partial charge in [0.1, 0.15) is 0 Å². The summed E-state index contributed by atoms with van der Waals surface area (Å²) >= 11 is 1.96. The molecule has 0 saturated carbocycles. The fraction of sp³-hybridized carbons (Fsp3) is 0.0556. The standard InChI is InChI=1S/C36H25BN2S/c1-3-12-24(13-4-1)38-30-18-9-8-17-28(30)37-29-23-22-27-26-16-7-10-21-33(26)40-36(27)35(29)39(25-14-5-2-6-15-25)32-20-11-19-31(38)34(32)37/h1-6,8-15,17-23H,7,16H2. The van der Waals surface area contributed by atoms with Gasteiger partial charge in [0.15, 0.2) is 0 Å². The van der Waals surface area contributed by atoms with Gasteiger partial charge < -0.3 is 9.80 Å². The van der Waals surface area contributed by atoms with Crippen LogP contribution >= 0.6 is 11.3 Å². The zero-order valence-electron chi connectivity index (χ0n) is 21.9. The Kier molecular flexibility index (Phi) is 4.73. The highest BCUT2D eigenvalue weighted by atomic mass is 32.1. The molecule has 188 valence electrons. The van der Waals surface area contributed by atoms with Crippen molar-refractivity contribution in [1.29, 1.82) is 0 Å². The normalized spacial score (nSPS) is 14.6. The molecule has 0 amide bonds. The molecule has 3 heterocycles. The van der Waals surface area contributed by atoms with E-state index in [1.807, 2.05) is 11.3 Å². The Hall–Kier alpha value is -4.54. The van der Waals surface area contributed by atoms with Gasteiger partial charge in [-0.15, -0.1) is 11.3 Å². The lowest BCUT2D eigenvalue weighted by atomic mass is 9.33. The summed E-state index contributed by atoms with van der Waals surface area (Å²) in [7, 11) is 0. The third-order valence-electron chi connectivity index (χ3n) is 8.71. The van der Waals surface area contributed by atoms with Crippen LogP contribution in [0.4, 0.5) is 34.1 Å². The van der Waals surface area contributed by atoms with Crippen LogP contribution in [0.2, 0.25) is 0 Å². The molecule has 0 fully saturated rings. The van der Waals surface area contributed by atoms with E-state index in [0.717, 1.165) is 12.8 Å². The number of thiophene rings is 1. The predicted molar refractivity (Wildman–Crippen MR) is 173 cm³/mol. The zero-order chi connectivity index (χ0) is 26.2. The summed E-state index contributed by atoms with van der Waals surface area (Å²) in [6.45, 7) is 0.163. The highest BCUT2D eigenvalue weighted by Gasteiger charge is 2.43. The maximum Gasteiger partial charge on any atom is 0.252 e. The Balaban J connectivity index is 1.41. The summed E-state index contributed by atoms with van der Waals surface area (Å²) in [5, 5.41) is 1.42. The number of allylic oxidation sites excluding steroid dienone is 1. The largest absolute Gasteiger partial charge is 0.311 e. The topological polar surface area (TPSA) is 6.48 Å². The summed E-state index contributed by atoms with van der Waals surface area (Å²) < 4.78 is 1.40. The van der Waals surface area contributed by atoms with Crippen LogP contribution < -0.4 is 26.2 Å². The molecule has 2 aliphatic heterocycles. The Bertz CT molecular complexity index is 1980. The molecule has 0 saturated heterocycles. The van der Waals surface area contributed by atoms with E-state index < -0.39 is 0 Å². The van der Waals surface area contributed by atoms with Crippen molar-refractivity contribution in [3.8, 4) is 0 Å². The Morgan fingerprint density at radius 2 is 1.27 bits per heavy atom. The minimum absolute atomic E-state index is 0.163. The van der Waals surface area contributed by atoms with Gasteiger partial charge in [0.25, 0.3) is 6.71 Å². The monoisotopic (exact) mass is 528 g/mol. The van der Waals surface area contributed by atoms with Gasteiger partial charge in [0.2, 0.25) is 0 Å². The second kappa shape index (κ2) is 8.48. The molecule has 6 aromatic rings. The van der Waals surface area contributed by atoms with E-state index in [4.69, 9.17) is 0 Å². The van der Waals surface area contributed by atoms with Gasteiger partial charge in [-0.25, -0.2) is 0 Å². The van der Waals surface area contributed by atoms with Crippen molar-refractivity contribution in [2.75, 3.05) is 9.80 Å². The molecule has 1 aromatic heterocycles. The van der Waals surface area contributed by atoms with E-state index in [2.05, 4.69) is 137 Å². The van der Waals surface area contributed by atoms with Gasteiger partial charge in [-0.1, -0.05) is 78.9 Å². The van der Waals surface area contributed by atoms with Crippen molar-refractivity contribution in [3.63, 3.8) is 0 Å². The quantitative estimate of drug-likeness (QED) is 0.210. The lowest BCUT2D eigenvalue weighted by molar-refractivity contribution is 1.01. The van der Waals surface area contributed by atoms with Gasteiger partial charge in [0, 0.05) is 33.3 Å². The number of hydrogen-bond acceptors (Lipinski definition) is 3. The molecule has 0 bridgehead atoms. The molecule has 3 aliphatic rings. The summed E-state index contributed by atoms with van der Waals surface area (Å²) in [4.78, 5) is 6.41. The van der Waals surface area contributed by atoms with E-state index in [9.17, 15) is 0 Å². The minimum Gasteiger partial charge on any atom is -0.311 e. The highest BCUT2D eigenvalue weighted by Crippen LogP contribution is 2.48. The first-order chi connectivity index (χ1) is 19.9. The molecule has 2 nitrogen and oxygen atoms in total. The third-order valence-corrected chi connectivity index (χ3v) is 9.93. The van der Waals surface area contributed by atoms with Gasteiger partial charge in [0.05, 0.1) is 10.4 Å². The van der Waals surface area contributed by atoms with Gasteiger partial charge in [-0.2, -0.15) is 0 Å². The number of para-hydroxylation sites is 3. The molecule has 0 N–H and O–H groups in total. The smallest absolute Gasteiger partial charge is 0.252 e. The zero-order valence-corrected chi connectivity index (χ0v) is 22.7. The van der Waals surface area contributed by atoms with Gasteiger partial charge in [-0.3, -0.25) is 0 Å². The summed E-state index contributed by atoms with van der Waals surface area (Å²) in [6.07, 6.45) is 6.91. The van der Waals surface area contributed by atoms with E-state index >= 15 is 0 Å². The number of aryl methyl sites for hydroxylation is 1. The van der Waals surface area contributed by atoms with Crippen molar-refractivity contribution >= 4 is 84.7 Å². The first kappa shape index (κ1) is 22.3. The van der Waals surface area contributed by atoms with E-state index in [-0.39, 0.29) is 6.71 Å². The first-order valence-electron chi connectivity index (χ1n) is 14.1. The number of rotatable bonds is 2. The van der Waals surface area contributed by atoms with Crippen molar-refractivity contribution in [3.05, 3.63) is 132 Å². The van der Waals surface area contributed by atoms with Gasteiger partial charge in [-0.05, 0) is 88.7 Å². The summed E-state index contributed by atoms with van der Waals surface area (Å²) in [5.41, 5.74) is 13.2. The Morgan fingerprint density at radius 1 is 0.600 bits per heavy atom. The number of fused-ring (bicyclic) bond motifs is 8. The number of hydrogen-bond donors (Lipinski definition) is 0. The van der Waals surface area contributed by atoms with Crippen LogP contribution in [-0.4, -0.2) is 6.71 Å². The minimum atomic E-state index is 0.163. The van der Waals surface area contributed by atoms with Crippen LogP contribution in [0.5, 0.6) is 0 Å². The number of anilines is 6. The molecular weight excluding hydrogens is 503 g/mol. The van der Waals surface area contributed by atoms with Crippen molar-refractivity contribution in [2.45, 2.75) is 12.8 Å². The molecule has 0 atom stereocenters. The first-order valence-corrected chi connectivity index (χ1v) is 14.9. The molecule has 1 aliphatic carbocycles. The van der Waals surface area contributed by atoms with Crippen LogP contribution in [0, 0.1) is 0 Å². The summed E-state index contributed by atoms with van der Waals surface area (Å²) in [5.74, 6) is 0. The Morgan fingerprint density at radius 3 is 2.08 bits per heavy atom. The fourth-order valence-corrected chi connectivity index (χ4v) is 8.42. The molecule has 5 aromatic carbocycles. The third kappa shape index (κ3) is 3.00. The number of nitrogens with zero attached hydrogens (tertiary/aromatic N) is 2. The fourth-order valence-electron chi connectivity index (χ4n) is 7.10. The maximum absolute atomic E-state index is 2.54. The van der Waals surface area contributed by atoms with Crippen molar-refractivity contribution in [1.82, 2.24) is 0 Å². The van der Waals surface area contributed by atoms with Gasteiger partial charge >= 0.3 is 0 Å². The van der Waals surface area contributed by atoms with Crippen molar-refractivity contribution in [2.24, 2.45) is 0 Å². The predicted octanol–water partition coefficient (Wildman–Crippen LogP) is 7.94. The number of benzene rings is 5. The lowest BCUT2D eigenvalue weighted by Crippen LogP contribution is -2.61. The molecule has 9 rings (SSSR count). The highest BCUT2D eigenvalue weighted by molar-refractivity contribution is 7.21.